The summed E-state index contributed by atoms with van der Waals surface area (Å²) < 4.78 is 13.1. The second-order valence-corrected chi connectivity index (χ2v) is 8.45. The molecule has 2 aromatic heterocycles. The van der Waals surface area contributed by atoms with Crippen molar-refractivity contribution in [3.63, 3.8) is 0 Å². The lowest BCUT2D eigenvalue weighted by Crippen LogP contribution is -2.06. The summed E-state index contributed by atoms with van der Waals surface area (Å²) in [5, 5.41) is 12.8. The highest BCUT2D eigenvalue weighted by atomic mass is 32.2. The van der Waals surface area contributed by atoms with Gasteiger partial charge in [-0.1, -0.05) is 32.5 Å². The van der Waals surface area contributed by atoms with E-state index in [9.17, 15) is 0 Å². The molecule has 0 radical (unpaired) electrons. The van der Waals surface area contributed by atoms with Crippen LogP contribution in [0.1, 0.15) is 44.6 Å². The maximum absolute atomic E-state index is 5.46. The van der Waals surface area contributed by atoms with Gasteiger partial charge in [0.15, 0.2) is 16.7 Å². The molecule has 0 atom stereocenters. The minimum Gasteiger partial charge on any atom is -0.454 e. The number of aromatic nitrogens is 4. The van der Waals surface area contributed by atoms with E-state index in [1.807, 2.05) is 18.2 Å². The van der Waals surface area contributed by atoms with E-state index in [0.717, 1.165) is 57.5 Å². The van der Waals surface area contributed by atoms with Gasteiger partial charge in [-0.3, -0.25) is 0 Å². The number of thiazole rings is 1. The highest BCUT2D eigenvalue weighted by molar-refractivity contribution is 7.98. The van der Waals surface area contributed by atoms with Crippen LogP contribution < -0.4 is 9.47 Å². The number of benzene rings is 1. The number of hydrogen-bond acceptors (Lipinski definition) is 7. The van der Waals surface area contributed by atoms with Crippen LogP contribution in [0.3, 0.4) is 0 Å². The third-order valence-electron chi connectivity index (χ3n) is 4.23. The summed E-state index contributed by atoms with van der Waals surface area (Å²) in [5.41, 5.74) is 2.10. The minimum absolute atomic E-state index is 0.287. The second-order valence-electron chi connectivity index (χ2n) is 6.65. The van der Waals surface area contributed by atoms with Crippen LogP contribution in [0.5, 0.6) is 11.5 Å². The topological polar surface area (TPSA) is 62.1 Å². The van der Waals surface area contributed by atoms with Gasteiger partial charge in [0.2, 0.25) is 6.79 Å². The summed E-state index contributed by atoms with van der Waals surface area (Å²) in [6.07, 6.45) is 1.07. The number of fused-ring (bicyclic) bond motifs is 1. The monoisotopic (exact) mass is 402 g/mol. The summed E-state index contributed by atoms with van der Waals surface area (Å²) >= 11 is 3.34. The van der Waals surface area contributed by atoms with E-state index in [4.69, 9.17) is 14.5 Å². The van der Waals surface area contributed by atoms with Crippen molar-refractivity contribution in [2.75, 3.05) is 6.79 Å². The van der Waals surface area contributed by atoms with E-state index in [2.05, 4.69) is 40.9 Å². The fraction of sp³-hybridized carbons (Fsp3) is 0.421. The van der Waals surface area contributed by atoms with Gasteiger partial charge in [0.25, 0.3) is 0 Å². The third kappa shape index (κ3) is 3.82. The molecule has 1 aromatic carbocycles. The molecule has 8 heteroatoms. The molecule has 0 unspecified atom stereocenters. The number of ether oxygens (including phenoxy) is 2. The first-order valence-electron chi connectivity index (χ1n) is 9.06. The van der Waals surface area contributed by atoms with E-state index in [-0.39, 0.29) is 6.79 Å². The van der Waals surface area contributed by atoms with Crippen molar-refractivity contribution in [3.05, 3.63) is 35.1 Å². The van der Waals surface area contributed by atoms with Crippen molar-refractivity contribution in [1.29, 1.82) is 0 Å². The Morgan fingerprint density at radius 2 is 2.07 bits per heavy atom. The minimum atomic E-state index is 0.287. The van der Waals surface area contributed by atoms with Crippen LogP contribution >= 0.6 is 23.1 Å². The predicted molar refractivity (Wildman–Crippen MR) is 108 cm³/mol. The molecule has 0 fully saturated rings. The first-order valence-corrected chi connectivity index (χ1v) is 10.9. The first kappa shape index (κ1) is 18.3. The zero-order valence-corrected chi connectivity index (χ0v) is 17.3. The van der Waals surface area contributed by atoms with Crippen LogP contribution in [0.2, 0.25) is 0 Å². The summed E-state index contributed by atoms with van der Waals surface area (Å²) in [6, 6.07) is 5.95. The molecular formula is C19H22N4O2S2. The van der Waals surface area contributed by atoms with E-state index in [0.29, 0.717) is 5.92 Å². The standard InChI is InChI=1S/C19H22N4O2S2/c1-4-7-23-17(12(2)3)21-22-19(23)27-10-14-9-26-18(20-14)13-5-6-15-16(8-13)25-11-24-15/h5-6,8-9,12H,4,7,10-11H2,1-3H3. The lowest BCUT2D eigenvalue weighted by molar-refractivity contribution is 0.174. The summed E-state index contributed by atoms with van der Waals surface area (Å²) in [4.78, 5) is 4.78. The van der Waals surface area contributed by atoms with Crippen LogP contribution in [0, 0.1) is 0 Å². The van der Waals surface area contributed by atoms with E-state index < -0.39 is 0 Å². The van der Waals surface area contributed by atoms with Crippen LogP contribution in [0.25, 0.3) is 10.6 Å². The number of rotatable bonds is 7. The van der Waals surface area contributed by atoms with Crippen molar-refractivity contribution < 1.29 is 9.47 Å². The van der Waals surface area contributed by atoms with Gasteiger partial charge >= 0.3 is 0 Å². The highest BCUT2D eigenvalue weighted by Crippen LogP contribution is 2.37. The van der Waals surface area contributed by atoms with Crippen molar-refractivity contribution in [2.24, 2.45) is 0 Å². The molecule has 27 heavy (non-hydrogen) atoms. The Labute approximate surface area is 166 Å². The van der Waals surface area contributed by atoms with Gasteiger partial charge in [0, 0.05) is 29.2 Å². The molecule has 142 valence electrons. The van der Waals surface area contributed by atoms with Gasteiger partial charge in [0.1, 0.15) is 10.8 Å². The Bertz CT molecular complexity index is 936. The maximum atomic E-state index is 5.46. The maximum Gasteiger partial charge on any atom is 0.231 e. The largest absolute Gasteiger partial charge is 0.454 e. The Hall–Kier alpha value is -2.06. The van der Waals surface area contributed by atoms with E-state index in [1.165, 1.54) is 0 Å². The zero-order valence-electron chi connectivity index (χ0n) is 15.6. The summed E-state index contributed by atoms with van der Waals surface area (Å²) in [5.74, 6) is 3.78. The average molecular weight is 403 g/mol. The predicted octanol–water partition coefficient (Wildman–Crippen LogP) is 4.96. The zero-order chi connectivity index (χ0) is 18.8. The molecule has 4 rings (SSSR count). The number of thioether (sulfide) groups is 1. The van der Waals surface area contributed by atoms with Crippen LogP contribution in [0.4, 0.5) is 0 Å². The molecule has 1 aliphatic heterocycles. The summed E-state index contributed by atoms with van der Waals surface area (Å²) in [7, 11) is 0. The first-order chi connectivity index (χ1) is 13.2. The SMILES string of the molecule is CCCn1c(SCc2csc(-c3ccc4c(c3)OCO4)n2)nnc1C(C)C. The lowest BCUT2D eigenvalue weighted by atomic mass is 10.2. The van der Waals surface area contributed by atoms with Crippen molar-refractivity contribution in [2.45, 2.75) is 50.6 Å². The summed E-state index contributed by atoms with van der Waals surface area (Å²) in [6.45, 7) is 7.72. The molecule has 0 bridgehead atoms. The molecule has 0 saturated heterocycles. The highest BCUT2D eigenvalue weighted by Gasteiger charge is 2.17. The molecule has 0 aliphatic carbocycles. The Balaban J connectivity index is 1.47. The Morgan fingerprint density at radius 1 is 1.22 bits per heavy atom. The van der Waals surface area contributed by atoms with Crippen LogP contribution in [-0.4, -0.2) is 26.5 Å². The molecule has 0 saturated carbocycles. The molecule has 3 aromatic rings. The molecule has 3 heterocycles. The van der Waals surface area contributed by atoms with Gasteiger partial charge in [-0.05, 0) is 24.6 Å². The molecule has 0 spiro atoms. The fourth-order valence-electron chi connectivity index (χ4n) is 2.94. The van der Waals surface area contributed by atoms with Crippen molar-refractivity contribution >= 4 is 23.1 Å². The van der Waals surface area contributed by atoms with Gasteiger partial charge in [-0.15, -0.1) is 21.5 Å². The fourth-order valence-corrected chi connectivity index (χ4v) is 4.73. The van der Waals surface area contributed by atoms with Gasteiger partial charge in [-0.2, -0.15) is 0 Å². The Kier molecular flexibility index (Phi) is 5.36. The Morgan fingerprint density at radius 3 is 2.89 bits per heavy atom. The number of hydrogen-bond donors (Lipinski definition) is 0. The van der Waals surface area contributed by atoms with Crippen LogP contribution in [-0.2, 0) is 12.3 Å². The molecule has 1 aliphatic rings. The number of nitrogens with zero attached hydrogens (tertiary/aromatic N) is 4. The van der Waals surface area contributed by atoms with Crippen molar-refractivity contribution in [3.8, 4) is 22.1 Å². The van der Waals surface area contributed by atoms with Gasteiger partial charge < -0.3 is 14.0 Å². The molecular weight excluding hydrogens is 380 g/mol. The lowest BCUT2D eigenvalue weighted by Gasteiger charge is -2.10. The van der Waals surface area contributed by atoms with Crippen molar-refractivity contribution in [1.82, 2.24) is 19.7 Å². The van der Waals surface area contributed by atoms with E-state index in [1.54, 1.807) is 23.1 Å². The average Bonchev–Trinajstić information content (AvgIpc) is 3.39. The van der Waals surface area contributed by atoms with Gasteiger partial charge in [-0.25, -0.2) is 4.98 Å². The second kappa shape index (κ2) is 7.90. The smallest absolute Gasteiger partial charge is 0.231 e. The van der Waals surface area contributed by atoms with E-state index >= 15 is 0 Å². The van der Waals surface area contributed by atoms with Gasteiger partial charge in [0.05, 0.1) is 5.69 Å². The quantitative estimate of drug-likeness (QED) is 0.521. The molecule has 6 nitrogen and oxygen atoms in total. The third-order valence-corrected chi connectivity index (χ3v) is 6.17. The van der Waals surface area contributed by atoms with Crippen LogP contribution in [0.15, 0.2) is 28.7 Å². The molecule has 0 N–H and O–H groups in total. The molecule has 0 amide bonds. The normalized spacial score (nSPS) is 12.9.